The van der Waals surface area contributed by atoms with Crippen molar-refractivity contribution in [3.05, 3.63) is 69.5 Å². The fourth-order valence-corrected chi connectivity index (χ4v) is 3.12. The van der Waals surface area contributed by atoms with Crippen molar-refractivity contribution in [1.29, 1.82) is 0 Å². The predicted molar refractivity (Wildman–Crippen MR) is 88.0 cm³/mol. The number of carbonyl (C=O) groups is 1. The Labute approximate surface area is 151 Å². The van der Waals surface area contributed by atoms with Gasteiger partial charge in [-0.3, -0.25) is 0 Å². The van der Waals surface area contributed by atoms with Crippen LogP contribution in [0.15, 0.2) is 41.0 Å². The predicted octanol–water partition coefficient (Wildman–Crippen LogP) is 4.64. The smallest absolute Gasteiger partial charge is 0.343 e. The largest absolute Gasteiger partial charge is 0.463 e. The molecule has 0 fully saturated rings. The molecular weight excluding hydrogens is 370 g/mol. The summed E-state index contributed by atoms with van der Waals surface area (Å²) in [5.41, 5.74) is 1.57. The van der Waals surface area contributed by atoms with Gasteiger partial charge in [-0.2, -0.15) is 0 Å². The normalized spacial score (nSPS) is 16.0. The summed E-state index contributed by atoms with van der Waals surface area (Å²) >= 11 is 11.8. The fraction of sp³-hybridized carbons (Fsp3) is 0.118. The number of aromatic nitrogens is 2. The zero-order valence-electron chi connectivity index (χ0n) is 12.5. The van der Waals surface area contributed by atoms with Gasteiger partial charge in [-0.15, -0.1) is 0 Å². The van der Waals surface area contributed by atoms with E-state index < -0.39 is 17.9 Å². The minimum absolute atomic E-state index is 0.000888. The van der Waals surface area contributed by atoms with Gasteiger partial charge >= 0.3 is 5.97 Å². The van der Waals surface area contributed by atoms with Gasteiger partial charge in [-0.25, -0.2) is 19.2 Å². The third kappa shape index (κ3) is 2.88. The topological polar surface area (TPSA) is 65.2 Å². The van der Waals surface area contributed by atoms with Crippen LogP contribution in [-0.2, 0) is 11.2 Å². The Morgan fingerprint density at radius 3 is 2.76 bits per heavy atom. The van der Waals surface area contributed by atoms with Gasteiger partial charge < -0.3 is 9.15 Å². The molecule has 0 N–H and O–H groups in total. The first-order valence-corrected chi connectivity index (χ1v) is 8.04. The Balaban J connectivity index is 1.76. The Morgan fingerprint density at radius 1 is 1.20 bits per heavy atom. The van der Waals surface area contributed by atoms with Crippen LogP contribution in [0.4, 0.5) is 4.39 Å². The molecule has 0 bridgehead atoms. The maximum absolute atomic E-state index is 13.3. The summed E-state index contributed by atoms with van der Waals surface area (Å²) in [5, 5.41) is -0.0235. The number of hydrogen-bond acceptors (Lipinski definition) is 5. The number of benzene rings is 1. The summed E-state index contributed by atoms with van der Waals surface area (Å²) in [5.74, 6) is -0.682. The van der Waals surface area contributed by atoms with Crippen LogP contribution in [0, 0.1) is 5.82 Å². The van der Waals surface area contributed by atoms with Crippen molar-refractivity contribution in [2.45, 2.75) is 12.5 Å². The molecule has 3 heterocycles. The average Bonchev–Trinajstić information content (AvgIpc) is 3.20. The molecule has 0 radical (unpaired) electrons. The lowest BCUT2D eigenvalue weighted by atomic mass is 10.0. The molecule has 5 nitrogen and oxygen atoms in total. The van der Waals surface area contributed by atoms with Crippen molar-refractivity contribution in [3.8, 4) is 11.5 Å². The van der Waals surface area contributed by atoms with Crippen LogP contribution >= 0.6 is 23.2 Å². The van der Waals surface area contributed by atoms with Gasteiger partial charge in [-0.1, -0.05) is 17.7 Å². The van der Waals surface area contributed by atoms with E-state index in [0.717, 1.165) is 0 Å². The van der Waals surface area contributed by atoms with E-state index >= 15 is 0 Å². The number of hydrogen-bond donors (Lipinski definition) is 0. The fourth-order valence-electron chi connectivity index (χ4n) is 2.74. The van der Waals surface area contributed by atoms with Gasteiger partial charge in [-0.05, 0) is 41.4 Å². The molecule has 126 valence electrons. The highest BCUT2D eigenvalue weighted by molar-refractivity contribution is 6.30. The van der Waals surface area contributed by atoms with Crippen LogP contribution in [0.2, 0.25) is 10.3 Å². The number of fused-ring (bicyclic) bond motifs is 1. The number of esters is 1. The van der Waals surface area contributed by atoms with Crippen molar-refractivity contribution in [3.63, 3.8) is 0 Å². The molecule has 25 heavy (non-hydrogen) atoms. The molecule has 1 aromatic carbocycles. The lowest BCUT2D eigenvalue weighted by Crippen LogP contribution is -2.05. The van der Waals surface area contributed by atoms with E-state index in [2.05, 4.69) is 9.97 Å². The van der Waals surface area contributed by atoms with Crippen molar-refractivity contribution < 1.29 is 18.3 Å². The zero-order valence-corrected chi connectivity index (χ0v) is 14.0. The van der Waals surface area contributed by atoms with Gasteiger partial charge in [0.15, 0.2) is 5.76 Å². The number of ether oxygens (including phenoxy) is 1. The second-order valence-electron chi connectivity index (χ2n) is 5.43. The Bertz CT molecular complexity index is 976. The van der Waals surface area contributed by atoms with Gasteiger partial charge in [0, 0.05) is 6.42 Å². The number of nitrogens with zero attached hydrogens (tertiary/aromatic N) is 2. The SMILES string of the molecule is O=C1OC(Cc2ccc(F)c(Cl)c2)c2nc(Cl)nc(-c3ccco3)c21. The second kappa shape index (κ2) is 6.13. The Morgan fingerprint density at radius 2 is 2.04 bits per heavy atom. The third-order valence-electron chi connectivity index (χ3n) is 3.83. The maximum Gasteiger partial charge on any atom is 0.343 e. The third-order valence-corrected chi connectivity index (χ3v) is 4.29. The molecule has 4 rings (SSSR count). The lowest BCUT2D eigenvalue weighted by molar-refractivity contribution is 0.0382. The van der Waals surface area contributed by atoms with Crippen LogP contribution in [0.1, 0.15) is 27.7 Å². The summed E-state index contributed by atoms with van der Waals surface area (Å²) in [6.45, 7) is 0. The number of cyclic esters (lactones) is 1. The highest BCUT2D eigenvalue weighted by Crippen LogP contribution is 2.38. The first-order valence-electron chi connectivity index (χ1n) is 7.29. The Hall–Kier alpha value is -2.44. The van der Waals surface area contributed by atoms with Crippen molar-refractivity contribution in [1.82, 2.24) is 9.97 Å². The van der Waals surface area contributed by atoms with E-state index in [1.165, 1.54) is 18.4 Å². The second-order valence-corrected chi connectivity index (χ2v) is 6.17. The standard InChI is InChI=1S/C17H9Cl2FN2O3/c18-9-6-8(3-4-10(9)20)7-12-15-13(16(23)25-12)14(21-17(19)22-15)11-2-1-5-24-11/h1-6,12H,7H2. The maximum atomic E-state index is 13.3. The molecule has 3 aromatic rings. The van der Waals surface area contributed by atoms with Gasteiger partial charge in [0.25, 0.3) is 0 Å². The van der Waals surface area contributed by atoms with Crippen LogP contribution in [0.25, 0.3) is 11.5 Å². The van der Waals surface area contributed by atoms with Crippen LogP contribution < -0.4 is 0 Å². The number of carbonyl (C=O) groups excluding carboxylic acids is 1. The molecular formula is C17H9Cl2FN2O3. The molecule has 8 heteroatoms. The quantitative estimate of drug-likeness (QED) is 0.490. The number of rotatable bonds is 3. The van der Waals surface area contributed by atoms with Crippen LogP contribution in [0.5, 0.6) is 0 Å². The van der Waals surface area contributed by atoms with Crippen molar-refractivity contribution >= 4 is 29.2 Å². The van der Waals surface area contributed by atoms with E-state index in [4.69, 9.17) is 32.4 Å². The first kappa shape index (κ1) is 16.1. The minimum Gasteiger partial charge on any atom is -0.463 e. The number of furan rings is 1. The monoisotopic (exact) mass is 378 g/mol. The summed E-state index contributed by atoms with van der Waals surface area (Å²) in [4.78, 5) is 20.6. The molecule has 1 unspecified atom stereocenters. The zero-order chi connectivity index (χ0) is 17.6. The molecule has 0 saturated heterocycles. The summed E-state index contributed by atoms with van der Waals surface area (Å²) in [7, 11) is 0. The Kier molecular flexibility index (Phi) is 3.94. The molecule has 0 amide bonds. The van der Waals surface area contributed by atoms with Gasteiger partial charge in [0.2, 0.25) is 5.28 Å². The average molecular weight is 379 g/mol. The summed E-state index contributed by atoms with van der Waals surface area (Å²) < 4.78 is 24.0. The summed E-state index contributed by atoms with van der Waals surface area (Å²) in [6.07, 6.45) is 1.08. The molecule has 0 spiro atoms. The van der Waals surface area contributed by atoms with Crippen molar-refractivity contribution in [2.24, 2.45) is 0 Å². The van der Waals surface area contributed by atoms with E-state index in [-0.39, 0.29) is 28.0 Å². The van der Waals surface area contributed by atoms with Gasteiger partial charge in [0.05, 0.1) is 11.3 Å². The molecule has 0 saturated carbocycles. The van der Waals surface area contributed by atoms with Crippen LogP contribution in [-0.4, -0.2) is 15.9 Å². The molecule has 1 aliphatic heterocycles. The minimum atomic E-state index is -0.668. The van der Waals surface area contributed by atoms with E-state index in [1.54, 1.807) is 18.2 Å². The highest BCUT2D eigenvalue weighted by atomic mass is 35.5. The van der Waals surface area contributed by atoms with E-state index in [0.29, 0.717) is 17.0 Å². The first-order chi connectivity index (χ1) is 12.0. The molecule has 2 aromatic heterocycles. The van der Waals surface area contributed by atoms with E-state index in [9.17, 15) is 9.18 Å². The number of halogens is 3. The molecule has 0 aliphatic carbocycles. The highest BCUT2D eigenvalue weighted by Gasteiger charge is 2.37. The molecule has 1 aliphatic rings. The van der Waals surface area contributed by atoms with E-state index in [1.807, 2.05) is 0 Å². The summed E-state index contributed by atoms with van der Waals surface area (Å²) in [6, 6.07) is 7.66. The van der Waals surface area contributed by atoms with Crippen LogP contribution in [0.3, 0.4) is 0 Å². The van der Waals surface area contributed by atoms with Crippen molar-refractivity contribution in [2.75, 3.05) is 0 Å². The molecule has 1 atom stereocenters. The lowest BCUT2D eigenvalue weighted by Gasteiger charge is -2.10. The van der Waals surface area contributed by atoms with Gasteiger partial charge in [0.1, 0.15) is 28.9 Å².